The summed E-state index contributed by atoms with van der Waals surface area (Å²) in [6, 6.07) is 21.2. The summed E-state index contributed by atoms with van der Waals surface area (Å²) in [6.45, 7) is 0.322. The summed E-state index contributed by atoms with van der Waals surface area (Å²) < 4.78 is 22.9. The first kappa shape index (κ1) is 21.6. The lowest BCUT2D eigenvalue weighted by atomic mass is 10.1. The molecule has 0 amide bonds. The number of rotatable bonds is 7. The molecule has 1 heterocycles. The molecule has 0 atom stereocenters. The molecule has 0 bridgehead atoms. The predicted octanol–water partition coefficient (Wildman–Crippen LogP) is 4.64. The molecule has 0 spiro atoms. The molecule has 8 nitrogen and oxygen atoms in total. The zero-order chi connectivity index (χ0) is 22.7. The number of anilines is 1. The number of nitrogens with zero attached hydrogens (tertiary/aromatic N) is 2. The molecular weight excluding hydrogens is 448 g/mol. The lowest BCUT2D eigenvalue weighted by Crippen LogP contribution is -2.13. The molecule has 162 valence electrons. The minimum absolute atomic E-state index is 0.207. The van der Waals surface area contributed by atoms with Crippen molar-refractivity contribution in [1.29, 1.82) is 0 Å². The van der Waals surface area contributed by atoms with E-state index in [1.165, 1.54) is 12.1 Å². The van der Waals surface area contributed by atoms with Crippen molar-refractivity contribution in [3.8, 4) is 21.8 Å². The van der Waals surface area contributed by atoms with E-state index in [9.17, 15) is 18.5 Å². The van der Waals surface area contributed by atoms with Crippen molar-refractivity contribution in [2.45, 2.75) is 11.4 Å². The number of nitro benzene ring substituents is 1. The smallest absolute Gasteiger partial charge is 0.293 e. The van der Waals surface area contributed by atoms with E-state index >= 15 is 0 Å². The summed E-state index contributed by atoms with van der Waals surface area (Å²) in [5, 5.41) is 22.3. The molecule has 0 fully saturated rings. The Kier molecular flexibility index (Phi) is 5.99. The quantitative estimate of drug-likeness (QED) is 0.301. The molecule has 3 aromatic carbocycles. The van der Waals surface area contributed by atoms with Crippen LogP contribution in [0.2, 0.25) is 0 Å². The number of hydrogen-bond acceptors (Lipinski definition) is 7. The van der Waals surface area contributed by atoms with Gasteiger partial charge in [-0.2, -0.15) is 0 Å². The second-order valence-corrected chi connectivity index (χ2v) is 9.36. The van der Waals surface area contributed by atoms with Gasteiger partial charge in [0.05, 0.1) is 15.5 Å². The molecule has 0 aliphatic rings. The number of primary sulfonamides is 1. The van der Waals surface area contributed by atoms with Crippen molar-refractivity contribution in [3.63, 3.8) is 0 Å². The summed E-state index contributed by atoms with van der Waals surface area (Å²) in [6.07, 6.45) is 0. The van der Waals surface area contributed by atoms with Crippen LogP contribution < -0.4 is 10.5 Å². The van der Waals surface area contributed by atoms with Gasteiger partial charge in [0, 0.05) is 29.1 Å². The van der Waals surface area contributed by atoms with Crippen LogP contribution in [0.5, 0.6) is 0 Å². The van der Waals surface area contributed by atoms with E-state index in [1.807, 2.05) is 60.0 Å². The van der Waals surface area contributed by atoms with Crippen molar-refractivity contribution < 1.29 is 13.3 Å². The van der Waals surface area contributed by atoms with Crippen LogP contribution in [0.25, 0.3) is 21.8 Å². The van der Waals surface area contributed by atoms with Crippen LogP contribution >= 0.6 is 11.3 Å². The number of nitro groups is 1. The van der Waals surface area contributed by atoms with Crippen molar-refractivity contribution in [1.82, 2.24) is 4.98 Å². The van der Waals surface area contributed by atoms with Crippen LogP contribution in [-0.2, 0) is 16.6 Å². The van der Waals surface area contributed by atoms with E-state index in [0.717, 1.165) is 33.5 Å². The molecule has 4 aromatic rings. The number of benzene rings is 3. The summed E-state index contributed by atoms with van der Waals surface area (Å²) >= 11 is 1.56. The van der Waals surface area contributed by atoms with E-state index in [2.05, 4.69) is 5.32 Å². The average molecular weight is 467 g/mol. The van der Waals surface area contributed by atoms with Gasteiger partial charge in [-0.15, -0.1) is 11.3 Å². The Balaban J connectivity index is 1.48. The second kappa shape index (κ2) is 8.87. The molecule has 0 radical (unpaired) electrons. The highest BCUT2D eigenvalue weighted by atomic mass is 32.2. The van der Waals surface area contributed by atoms with Gasteiger partial charge in [0.2, 0.25) is 10.0 Å². The first-order valence-electron chi connectivity index (χ1n) is 9.46. The van der Waals surface area contributed by atoms with Gasteiger partial charge in [0.15, 0.2) is 0 Å². The topological polar surface area (TPSA) is 128 Å². The van der Waals surface area contributed by atoms with E-state index in [1.54, 1.807) is 11.3 Å². The van der Waals surface area contributed by atoms with E-state index in [0.29, 0.717) is 6.54 Å². The molecular formula is C22H18N4O4S2. The van der Waals surface area contributed by atoms with Crippen LogP contribution in [0.15, 0.2) is 83.1 Å². The lowest BCUT2D eigenvalue weighted by molar-refractivity contribution is -0.384. The highest BCUT2D eigenvalue weighted by Crippen LogP contribution is 2.30. The average Bonchev–Trinajstić information content (AvgIpc) is 3.28. The van der Waals surface area contributed by atoms with Gasteiger partial charge < -0.3 is 5.32 Å². The molecule has 0 unspecified atom stereocenters. The van der Waals surface area contributed by atoms with Gasteiger partial charge in [-0.3, -0.25) is 10.1 Å². The molecule has 3 N–H and O–H groups in total. The summed E-state index contributed by atoms with van der Waals surface area (Å²) in [5.74, 6) is 0. The molecule has 0 aliphatic carbocycles. The molecule has 4 rings (SSSR count). The zero-order valence-electron chi connectivity index (χ0n) is 16.6. The first-order valence-corrected chi connectivity index (χ1v) is 11.9. The van der Waals surface area contributed by atoms with Crippen LogP contribution in [-0.4, -0.2) is 18.3 Å². The Labute approximate surface area is 188 Å². The van der Waals surface area contributed by atoms with Crippen LogP contribution in [0.1, 0.15) is 5.56 Å². The monoisotopic (exact) mass is 466 g/mol. The van der Waals surface area contributed by atoms with Gasteiger partial charge in [-0.1, -0.05) is 54.6 Å². The number of aromatic nitrogens is 1. The summed E-state index contributed by atoms with van der Waals surface area (Å²) in [7, 11) is -4.03. The Morgan fingerprint density at radius 2 is 1.72 bits per heavy atom. The minimum Gasteiger partial charge on any atom is -0.375 e. The molecule has 0 aliphatic heterocycles. The number of nitrogens with two attached hydrogens (primary N) is 1. The van der Waals surface area contributed by atoms with Gasteiger partial charge >= 0.3 is 0 Å². The minimum atomic E-state index is -4.03. The summed E-state index contributed by atoms with van der Waals surface area (Å²) in [4.78, 5) is 15.1. The third-order valence-corrected chi connectivity index (χ3v) is 6.55. The normalized spacial score (nSPS) is 11.3. The Morgan fingerprint density at radius 3 is 2.38 bits per heavy atom. The standard InChI is InChI=1S/C22H18N4O4S2/c23-32(29,30)18-10-11-19(21(12-18)26(27)28)24-13-15-6-8-17(9-7-15)22-25-20(14-31-22)16-4-2-1-3-5-16/h1-12,14,24H,13H2,(H2,23,29,30). The van der Waals surface area contributed by atoms with Gasteiger partial charge in [-0.25, -0.2) is 18.5 Å². The fourth-order valence-corrected chi connectivity index (χ4v) is 4.47. The molecule has 0 saturated heterocycles. The van der Waals surface area contributed by atoms with Crippen molar-refractivity contribution in [2.24, 2.45) is 5.14 Å². The van der Waals surface area contributed by atoms with Gasteiger partial charge in [0.1, 0.15) is 10.7 Å². The van der Waals surface area contributed by atoms with Crippen molar-refractivity contribution >= 4 is 32.7 Å². The van der Waals surface area contributed by atoms with Crippen molar-refractivity contribution in [2.75, 3.05) is 5.32 Å². The maximum atomic E-state index is 11.5. The third kappa shape index (κ3) is 4.83. The number of thiazole rings is 1. The third-order valence-electron chi connectivity index (χ3n) is 4.75. The van der Waals surface area contributed by atoms with Crippen LogP contribution in [0.4, 0.5) is 11.4 Å². The molecule has 32 heavy (non-hydrogen) atoms. The molecule has 0 saturated carbocycles. The second-order valence-electron chi connectivity index (χ2n) is 6.94. The Morgan fingerprint density at radius 1 is 1.00 bits per heavy atom. The number of nitrogens with one attached hydrogen (secondary N) is 1. The highest BCUT2D eigenvalue weighted by Gasteiger charge is 2.19. The maximum Gasteiger partial charge on any atom is 0.293 e. The molecule has 1 aromatic heterocycles. The van der Waals surface area contributed by atoms with E-state index in [-0.39, 0.29) is 16.3 Å². The maximum absolute atomic E-state index is 11.5. The first-order chi connectivity index (χ1) is 15.3. The van der Waals surface area contributed by atoms with Crippen molar-refractivity contribution in [3.05, 3.63) is 93.9 Å². The van der Waals surface area contributed by atoms with Gasteiger partial charge in [0.25, 0.3) is 5.69 Å². The Hall–Kier alpha value is -3.60. The van der Waals surface area contributed by atoms with Gasteiger partial charge in [-0.05, 0) is 17.7 Å². The zero-order valence-corrected chi connectivity index (χ0v) is 18.3. The summed E-state index contributed by atoms with van der Waals surface area (Å²) in [5.41, 5.74) is 3.71. The number of hydrogen-bond donors (Lipinski definition) is 2. The van der Waals surface area contributed by atoms with Crippen LogP contribution in [0, 0.1) is 10.1 Å². The SMILES string of the molecule is NS(=O)(=O)c1ccc(NCc2ccc(-c3nc(-c4ccccc4)cs3)cc2)c([N+](=O)[O-])c1. The fourth-order valence-electron chi connectivity index (χ4n) is 3.10. The molecule has 10 heteroatoms. The predicted molar refractivity (Wildman–Crippen MR) is 125 cm³/mol. The van der Waals surface area contributed by atoms with E-state index < -0.39 is 14.9 Å². The Bertz CT molecular complexity index is 1370. The lowest BCUT2D eigenvalue weighted by Gasteiger charge is -2.09. The van der Waals surface area contributed by atoms with Crippen LogP contribution in [0.3, 0.4) is 0 Å². The largest absolute Gasteiger partial charge is 0.375 e. The highest BCUT2D eigenvalue weighted by molar-refractivity contribution is 7.89. The number of sulfonamides is 1. The fraction of sp³-hybridized carbons (Fsp3) is 0.0455. The van der Waals surface area contributed by atoms with E-state index in [4.69, 9.17) is 10.1 Å².